The molecule has 1 aliphatic heterocycles. The molecule has 0 bridgehead atoms. The van der Waals surface area contributed by atoms with Gasteiger partial charge in [0, 0.05) is 19.1 Å². The predicted molar refractivity (Wildman–Crippen MR) is 44.5 cm³/mol. The molecule has 0 radical (unpaired) electrons. The Kier molecular flexibility index (Phi) is 2.09. The van der Waals surface area contributed by atoms with Crippen LogP contribution < -0.4 is 5.73 Å². The highest BCUT2D eigenvalue weighted by Gasteiger charge is 2.51. The molecule has 12 heavy (non-hydrogen) atoms. The van der Waals surface area contributed by atoms with E-state index in [4.69, 9.17) is 10.5 Å². The van der Waals surface area contributed by atoms with E-state index in [1.54, 1.807) is 0 Å². The molecule has 70 valence electrons. The minimum Gasteiger partial charge on any atom is -0.381 e. The van der Waals surface area contributed by atoms with Crippen LogP contribution in [-0.2, 0) is 4.74 Å². The second kappa shape index (κ2) is 2.96. The number of halogens is 1. The van der Waals surface area contributed by atoms with Gasteiger partial charge in [-0.1, -0.05) is 0 Å². The second-order valence-corrected chi connectivity index (χ2v) is 3.97. The molecule has 0 spiro atoms. The number of alkyl halides is 1. The van der Waals surface area contributed by atoms with Crippen LogP contribution in [0.2, 0.25) is 0 Å². The lowest BCUT2D eigenvalue weighted by Crippen LogP contribution is -2.43. The van der Waals surface area contributed by atoms with Gasteiger partial charge in [0.25, 0.3) is 0 Å². The summed E-state index contributed by atoms with van der Waals surface area (Å²) in [6.45, 7) is 1.46. The Morgan fingerprint density at radius 1 is 1.33 bits per heavy atom. The van der Waals surface area contributed by atoms with Crippen LogP contribution in [0.15, 0.2) is 0 Å². The molecular formula is C9H16FNO. The molecule has 1 saturated carbocycles. The first-order valence-electron chi connectivity index (χ1n) is 4.74. The first-order valence-corrected chi connectivity index (χ1v) is 4.74. The third kappa shape index (κ3) is 1.25. The lowest BCUT2D eigenvalue weighted by Gasteiger charge is -2.29. The topological polar surface area (TPSA) is 35.2 Å². The van der Waals surface area contributed by atoms with Crippen LogP contribution in [0.3, 0.4) is 0 Å². The van der Waals surface area contributed by atoms with Gasteiger partial charge in [0.1, 0.15) is 5.67 Å². The van der Waals surface area contributed by atoms with Gasteiger partial charge in [0.15, 0.2) is 0 Å². The Hall–Kier alpha value is -0.150. The van der Waals surface area contributed by atoms with E-state index in [1.807, 2.05) is 0 Å². The molecule has 0 aromatic rings. The zero-order valence-electron chi connectivity index (χ0n) is 7.26. The maximum absolute atomic E-state index is 14.2. The van der Waals surface area contributed by atoms with Gasteiger partial charge in [-0.3, -0.25) is 0 Å². The van der Waals surface area contributed by atoms with Crippen molar-refractivity contribution in [2.45, 2.75) is 24.9 Å². The smallest absolute Gasteiger partial charge is 0.131 e. The van der Waals surface area contributed by atoms with Crippen molar-refractivity contribution in [3.63, 3.8) is 0 Å². The maximum Gasteiger partial charge on any atom is 0.131 e. The number of nitrogens with two attached hydrogens (primary N) is 1. The molecule has 0 aromatic carbocycles. The van der Waals surface area contributed by atoms with Crippen molar-refractivity contribution < 1.29 is 9.13 Å². The third-order valence-corrected chi connectivity index (χ3v) is 3.18. The van der Waals surface area contributed by atoms with E-state index < -0.39 is 5.67 Å². The number of hydrogen-bond donors (Lipinski definition) is 1. The summed E-state index contributed by atoms with van der Waals surface area (Å²) in [6.07, 6.45) is 2.89. The largest absolute Gasteiger partial charge is 0.381 e. The van der Waals surface area contributed by atoms with Gasteiger partial charge in [0.2, 0.25) is 0 Å². The van der Waals surface area contributed by atoms with Crippen molar-refractivity contribution in [2.24, 2.45) is 17.6 Å². The molecule has 2 rings (SSSR count). The molecular weight excluding hydrogens is 157 g/mol. The summed E-state index contributed by atoms with van der Waals surface area (Å²) in [4.78, 5) is 0. The normalized spacial score (nSPS) is 35.0. The highest BCUT2D eigenvalue weighted by molar-refractivity contribution is 5.01. The number of hydrogen-bond acceptors (Lipinski definition) is 2. The lowest BCUT2D eigenvalue weighted by atomic mass is 9.84. The second-order valence-electron chi connectivity index (χ2n) is 3.97. The van der Waals surface area contributed by atoms with E-state index in [-0.39, 0.29) is 18.4 Å². The molecule has 2 N–H and O–H groups in total. The molecule has 2 nitrogen and oxygen atoms in total. The van der Waals surface area contributed by atoms with Crippen LogP contribution in [0.5, 0.6) is 0 Å². The molecule has 2 atom stereocenters. The van der Waals surface area contributed by atoms with Gasteiger partial charge < -0.3 is 10.5 Å². The summed E-state index contributed by atoms with van der Waals surface area (Å²) in [7, 11) is 0. The molecule has 2 unspecified atom stereocenters. The van der Waals surface area contributed by atoms with E-state index in [2.05, 4.69) is 0 Å². The van der Waals surface area contributed by atoms with Crippen LogP contribution in [0, 0.1) is 11.8 Å². The van der Waals surface area contributed by atoms with E-state index in [1.165, 1.54) is 0 Å². The summed E-state index contributed by atoms with van der Waals surface area (Å²) in [5.41, 5.74) is 4.38. The molecule has 2 fully saturated rings. The molecule has 1 aliphatic carbocycles. The minimum absolute atomic E-state index is 0.0648. The number of rotatable bonds is 3. The molecule has 3 heteroatoms. The molecule has 1 heterocycles. The predicted octanol–water partition coefficient (Wildman–Crippen LogP) is 1.10. The summed E-state index contributed by atoms with van der Waals surface area (Å²) in [6, 6.07) is 0. The van der Waals surface area contributed by atoms with Crippen LogP contribution in [0.1, 0.15) is 19.3 Å². The fourth-order valence-electron chi connectivity index (χ4n) is 2.14. The third-order valence-electron chi connectivity index (χ3n) is 3.18. The number of ether oxygens (including phenoxy) is 1. The Morgan fingerprint density at radius 2 is 2.08 bits per heavy atom. The van der Waals surface area contributed by atoms with Gasteiger partial charge in [-0.05, 0) is 25.2 Å². The van der Waals surface area contributed by atoms with Gasteiger partial charge in [-0.15, -0.1) is 0 Å². The Morgan fingerprint density at radius 3 is 2.50 bits per heavy atom. The maximum atomic E-state index is 14.2. The average Bonchev–Trinajstić information content (AvgIpc) is 2.80. The van der Waals surface area contributed by atoms with Crippen LogP contribution in [0.25, 0.3) is 0 Å². The fourth-order valence-corrected chi connectivity index (χ4v) is 2.14. The van der Waals surface area contributed by atoms with Gasteiger partial charge >= 0.3 is 0 Å². The minimum atomic E-state index is -1.11. The zero-order valence-corrected chi connectivity index (χ0v) is 7.26. The lowest BCUT2D eigenvalue weighted by molar-refractivity contribution is 0.0534. The van der Waals surface area contributed by atoms with Crippen molar-refractivity contribution >= 4 is 0 Å². The zero-order chi connectivity index (χ0) is 8.60. The summed E-state index contributed by atoms with van der Waals surface area (Å²) in [5.74, 6) is 0.296. The highest BCUT2D eigenvalue weighted by atomic mass is 19.1. The monoisotopic (exact) mass is 173 g/mol. The Balaban J connectivity index is 2.03. The summed E-state index contributed by atoms with van der Waals surface area (Å²) < 4.78 is 19.4. The van der Waals surface area contributed by atoms with Crippen molar-refractivity contribution in [3.05, 3.63) is 0 Å². The first kappa shape index (κ1) is 8.45. The Labute approximate surface area is 72.3 Å². The first-order chi connectivity index (χ1) is 5.77. The van der Waals surface area contributed by atoms with Crippen LogP contribution in [-0.4, -0.2) is 25.4 Å². The molecule has 1 saturated heterocycles. The summed E-state index contributed by atoms with van der Waals surface area (Å²) in [5, 5.41) is 0. The average molecular weight is 173 g/mol. The SMILES string of the molecule is NCC(F)(C1CC1)C1CCOC1. The molecule has 0 aromatic heterocycles. The highest BCUT2D eigenvalue weighted by Crippen LogP contribution is 2.47. The van der Waals surface area contributed by atoms with E-state index in [9.17, 15) is 4.39 Å². The van der Waals surface area contributed by atoms with E-state index in [0.29, 0.717) is 13.2 Å². The van der Waals surface area contributed by atoms with Crippen molar-refractivity contribution in [3.8, 4) is 0 Å². The van der Waals surface area contributed by atoms with Gasteiger partial charge in [-0.2, -0.15) is 0 Å². The van der Waals surface area contributed by atoms with Crippen molar-refractivity contribution in [1.82, 2.24) is 0 Å². The quantitative estimate of drug-likeness (QED) is 0.693. The molecule has 0 amide bonds. The molecule has 2 aliphatic rings. The van der Waals surface area contributed by atoms with Gasteiger partial charge in [0.05, 0.1) is 6.61 Å². The van der Waals surface area contributed by atoms with E-state index >= 15 is 0 Å². The van der Waals surface area contributed by atoms with Crippen LogP contribution >= 0.6 is 0 Å². The van der Waals surface area contributed by atoms with Crippen LogP contribution in [0.4, 0.5) is 4.39 Å². The van der Waals surface area contributed by atoms with Crippen molar-refractivity contribution in [2.75, 3.05) is 19.8 Å². The summed E-state index contributed by atoms with van der Waals surface area (Å²) >= 11 is 0. The van der Waals surface area contributed by atoms with E-state index in [0.717, 1.165) is 19.3 Å². The standard InChI is InChI=1S/C9H16FNO/c10-9(6-11,7-1-2-7)8-3-4-12-5-8/h7-8H,1-6,11H2. The van der Waals surface area contributed by atoms with Gasteiger partial charge in [-0.25, -0.2) is 4.39 Å². The fraction of sp³-hybridized carbons (Fsp3) is 1.00. The van der Waals surface area contributed by atoms with Crippen molar-refractivity contribution in [1.29, 1.82) is 0 Å². The Bertz CT molecular complexity index is 166.